The third-order valence-electron chi connectivity index (χ3n) is 6.79. The van der Waals surface area contributed by atoms with Crippen LogP contribution in [0.25, 0.3) is 0 Å². The topological polar surface area (TPSA) is 103 Å². The number of nitrogens with zero attached hydrogens (tertiary/aromatic N) is 4. The minimum Gasteiger partial charge on any atom is -0.495 e. The Balaban J connectivity index is 1.51. The number of hydrogen-bond donors (Lipinski definition) is 2. The van der Waals surface area contributed by atoms with Crippen LogP contribution in [0.2, 0.25) is 0 Å². The molecule has 1 atom stereocenters. The number of carbonyl (C=O) groups is 1. The van der Waals surface area contributed by atoms with E-state index >= 15 is 0 Å². The smallest absolute Gasteiger partial charge is 0.255 e. The number of hydrogen-bond acceptors (Lipinski definition) is 7. The minimum atomic E-state index is -0.656. The summed E-state index contributed by atoms with van der Waals surface area (Å²) in [6.07, 6.45) is 0. The fourth-order valence-corrected chi connectivity index (χ4v) is 5.04. The quantitative estimate of drug-likeness (QED) is 0.258. The molecule has 0 bridgehead atoms. The predicted octanol–water partition coefficient (Wildman–Crippen LogP) is 6.25. The Hall–Kier alpha value is -4.18. The van der Waals surface area contributed by atoms with Crippen LogP contribution in [0, 0.1) is 0 Å². The molecule has 0 fully saturated rings. The maximum atomic E-state index is 13.9. The van der Waals surface area contributed by atoms with Gasteiger partial charge in [-0.1, -0.05) is 78.2 Å². The molecule has 0 radical (unpaired) electrons. The molecule has 1 amide bonds. The van der Waals surface area contributed by atoms with E-state index in [4.69, 9.17) is 9.47 Å². The molecule has 1 unspecified atom stereocenters. The fourth-order valence-electron chi connectivity index (χ4n) is 4.66. The number of carbonyl (C=O) groups excluding carboxylic acids is 1. The summed E-state index contributed by atoms with van der Waals surface area (Å²) in [4.78, 5) is 13.9. The van der Waals surface area contributed by atoms with Gasteiger partial charge in [0.05, 0.1) is 18.4 Å². The first kappa shape index (κ1) is 27.4. The van der Waals surface area contributed by atoms with Gasteiger partial charge in [-0.2, -0.15) is 4.68 Å². The van der Waals surface area contributed by atoms with E-state index in [0.717, 1.165) is 15.6 Å². The van der Waals surface area contributed by atoms with E-state index in [0.29, 0.717) is 41.0 Å². The maximum absolute atomic E-state index is 13.9. The van der Waals surface area contributed by atoms with Crippen LogP contribution in [0.5, 0.6) is 11.5 Å². The number of tetrazole rings is 1. The van der Waals surface area contributed by atoms with Crippen molar-refractivity contribution in [1.29, 1.82) is 0 Å². The van der Waals surface area contributed by atoms with Gasteiger partial charge in [0.2, 0.25) is 5.95 Å². The van der Waals surface area contributed by atoms with Crippen molar-refractivity contribution >= 4 is 33.5 Å². The van der Waals surface area contributed by atoms with Gasteiger partial charge in [0.25, 0.3) is 5.91 Å². The molecule has 40 heavy (non-hydrogen) atoms. The maximum Gasteiger partial charge on any atom is 0.255 e. The number of nitrogens with one attached hydrogen (secondary N) is 2. The van der Waals surface area contributed by atoms with E-state index in [-0.39, 0.29) is 11.3 Å². The Kier molecular flexibility index (Phi) is 7.62. The molecular formula is C30H31BrN6O3. The molecule has 1 aliphatic heterocycles. The van der Waals surface area contributed by atoms with E-state index < -0.39 is 6.04 Å². The Morgan fingerprint density at radius 2 is 1.82 bits per heavy atom. The number of aromatic nitrogens is 4. The van der Waals surface area contributed by atoms with Crippen LogP contribution in [0.1, 0.15) is 50.4 Å². The molecule has 0 saturated carbocycles. The van der Waals surface area contributed by atoms with E-state index in [1.54, 1.807) is 23.9 Å². The van der Waals surface area contributed by atoms with Crippen molar-refractivity contribution in [3.05, 3.63) is 99.2 Å². The van der Waals surface area contributed by atoms with Crippen molar-refractivity contribution in [3.63, 3.8) is 0 Å². The Morgan fingerprint density at radius 1 is 1.07 bits per heavy atom. The molecule has 9 nitrogen and oxygen atoms in total. The Morgan fingerprint density at radius 3 is 2.55 bits per heavy atom. The number of fused-ring (bicyclic) bond motifs is 1. The number of allylic oxidation sites excluding steroid dienone is 1. The van der Waals surface area contributed by atoms with Gasteiger partial charge in [0.1, 0.15) is 24.1 Å². The first-order valence-corrected chi connectivity index (χ1v) is 13.7. The summed E-state index contributed by atoms with van der Waals surface area (Å²) in [5.41, 5.74) is 4.73. The summed E-state index contributed by atoms with van der Waals surface area (Å²) in [5.74, 6) is 1.29. The number of amides is 1. The highest BCUT2D eigenvalue weighted by molar-refractivity contribution is 9.10. The number of para-hydroxylation sites is 2. The van der Waals surface area contributed by atoms with E-state index in [2.05, 4.69) is 87.1 Å². The molecule has 3 aromatic carbocycles. The SMILES string of the molecule is COc1ccccc1NC(=O)C1=C(C)Nc2nnnn2C1c1cc(Br)ccc1OCc1ccc(C(C)(C)C)cc1. The lowest BCUT2D eigenvalue weighted by atomic mass is 9.87. The lowest BCUT2D eigenvalue weighted by Gasteiger charge is -2.29. The molecule has 10 heteroatoms. The van der Waals surface area contributed by atoms with Crippen LogP contribution in [-0.2, 0) is 16.8 Å². The van der Waals surface area contributed by atoms with Gasteiger partial charge in [-0.25, -0.2) is 0 Å². The standard InChI is InChI=1S/C30H31BrN6O3/c1-18-26(28(38)33-23-8-6-7-9-25(23)39-5)27(37-29(32-18)34-35-36-37)22-16-21(31)14-15-24(22)40-17-19-10-12-20(13-11-19)30(2,3)4/h6-16,27H,17H2,1-5H3,(H,33,38)(H,32,34,36). The zero-order valence-corrected chi connectivity index (χ0v) is 24.6. The van der Waals surface area contributed by atoms with Crippen LogP contribution in [-0.4, -0.2) is 33.2 Å². The van der Waals surface area contributed by atoms with Gasteiger partial charge < -0.3 is 20.1 Å². The molecule has 5 rings (SSSR count). The summed E-state index contributed by atoms with van der Waals surface area (Å²) in [5, 5.41) is 18.4. The number of halogens is 1. The molecule has 1 aromatic heterocycles. The highest BCUT2D eigenvalue weighted by Gasteiger charge is 2.36. The summed E-state index contributed by atoms with van der Waals surface area (Å²) in [7, 11) is 1.57. The van der Waals surface area contributed by atoms with Gasteiger partial charge in [-0.3, -0.25) is 4.79 Å². The number of rotatable bonds is 7. The average Bonchev–Trinajstić information content (AvgIpc) is 3.39. The number of anilines is 2. The highest BCUT2D eigenvalue weighted by atomic mass is 79.9. The second kappa shape index (κ2) is 11.1. The molecule has 0 spiro atoms. The number of methoxy groups -OCH3 is 1. The van der Waals surface area contributed by atoms with E-state index in [9.17, 15) is 4.79 Å². The normalized spacial score (nSPS) is 14.8. The van der Waals surface area contributed by atoms with Gasteiger partial charge in [-0.15, -0.1) is 0 Å². The summed E-state index contributed by atoms with van der Waals surface area (Å²) in [6.45, 7) is 8.76. The average molecular weight is 604 g/mol. The van der Waals surface area contributed by atoms with Crippen LogP contribution < -0.4 is 20.1 Å². The Bertz CT molecular complexity index is 1570. The zero-order chi connectivity index (χ0) is 28.4. The van der Waals surface area contributed by atoms with Crippen LogP contribution in [0.15, 0.2) is 82.5 Å². The monoisotopic (exact) mass is 602 g/mol. The molecule has 2 heterocycles. The minimum absolute atomic E-state index is 0.0712. The first-order chi connectivity index (χ1) is 19.2. The third kappa shape index (κ3) is 5.58. The van der Waals surface area contributed by atoms with Gasteiger partial charge >= 0.3 is 0 Å². The molecule has 2 N–H and O–H groups in total. The molecule has 0 aliphatic carbocycles. The number of ether oxygens (including phenoxy) is 2. The summed E-state index contributed by atoms with van der Waals surface area (Å²) < 4.78 is 14.2. The second-order valence-electron chi connectivity index (χ2n) is 10.6. The van der Waals surface area contributed by atoms with Crippen molar-refractivity contribution in [1.82, 2.24) is 20.2 Å². The molecular weight excluding hydrogens is 572 g/mol. The molecule has 0 saturated heterocycles. The van der Waals surface area contributed by atoms with Gasteiger partial charge in [0.15, 0.2) is 0 Å². The summed E-state index contributed by atoms with van der Waals surface area (Å²) >= 11 is 3.60. The third-order valence-corrected chi connectivity index (χ3v) is 7.29. The Labute approximate surface area is 241 Å². The van der Waals surface area contributed by atoms with Crippen molar-refractivity contribution < 1.29 is 14.3 Å². The van der Waals surface area contributed by atoms with Gasteiger partial charge in [-0.05, 0) is 64.2 Å². The first-order valence-electron chi connectivity index (χ1n) is 12.9. The highest BCUT2D eigenvalue weighted by Crippen LogP contribution is 2.41. The zero-order valence-electron chi connectivity index (χ0n) is 23.0. The predicted molar refractivity (Wildman–Crippen MR) is 158 cm³/mol. The van der Waals surface area contributed by atoms with Gasteiger partial charge in [0, 0.05) is 15.7 Å². The lowest BCUT2D eigenvalue weighted by molar-refractivity contribution is -0.113. The fraction of sp³-hybridized carbons (Fsp3) is 0.267. The van der Waals surface area contributed by atoms with E-state index in [1.807, 2.05) is 37.3 Å². The van der Waals surface area contributed by atoms with Crippen LogP contribution in [0.3, 0.4) is 0 Å². The molecule has 206 valence electrons. The molecule has 4 aromatic rings. The second-order valence-corrected chi connectivity index (χ2v) is 11.5. The van der Waals surface area contributed by atoms with Crippen molar-refractivity contribution in [2.45, 2.75) is 45.8 Å². The molecule has 1 aliphatic rings. The summed E-state index contributed by atoms with van der Waals surface area (Å²) in [6, 6.07) is 20.8. The lowest BCUT2D eigenvalue weighted by Crippen LogP contribution is -2.32. The largest absolute Gasteiger partial charge is 0.495 e. The van der Waals surface area contributed by atoms with Crippen molar-refractivity contribution in [2.75, 3.05) is 17.7 Å². The van der Waals surface area contributed by atoms with E-state index in [1.165, 1.54) is 5.56 Å². The number of benzene rings is 3. The van der Waals surface area contributed by atoms with Crippen molar-refractivity contribution in [2.24, 2.45) is 0 Å². The van der Waals surface area contributed by atoms with Crippen LogP contribution >= 0.6 is 15.9 Å². The van der Waals surface area contributed by atoms with Crippen LogP contribution in [0.4, 0.5) is 11.6 Å². The van der Waals surface area contributed by atoms with Crippen molar-refractivity contribution in [3.8, 4) is 11.5 Å².